The van der Waals surface area contributed by atoms with Crippen LogP contribution < -0.4 is 4.74 Å². The average Bonchev–Trinajstić information content (AvgIpc) is 2.60. The lowest BCUT2D eigenvalue weighted by molar-refractivity contribution is 0.301. The summed E-state index contributed by atoms with van der Waals surface area (Å²) in [5.41, 5.74) is 2.59. The largest absolute Gasteiger partial charge is 0.487 e. The predicted molar refractivity (Wildman–Crippen MR) is 106 cm³/mol. The molecule has 0 aliphatic heterocycles. The molecule has 25 heavy (non-hydrogen) atoms. The summed E-state index contributed by atoms with van der Waals surface area (Å²) >= 11 is 7.04. The molecule has 0 atom stereocenters. The molecule has 3 rings (SSSR count). The van der Waals surface area contributed by atoms with Gasteiger partial charge in [-0.25, -0.2) is 4.39 Å². The Morgan fingerprint density at radius 3 is 2.32 bits per heavy atom. The van der Waals surface area contributed by atoms with Gasteiger partial charge >= 0.3 is 0 Å². The highest BCUT2D eigenvalue weighted by atomic mass is 79.9. The molecule has 0 aliphatic rings. The van der Waals surface area contributed by atoms with Crippen molar-refractivity contribution in [2.24, 2.45) is 4.99 Å². The molecule has 0 aliphatic carbocycles. The van der Waals surface area contributed by atoms with Crippen molar-refractivity contribution >= 4 is 43.8 Å². The molecule has 3 aromatic rings. The third-order valence-corrected chi connectivity index (χ3v) is 4.59. The Morgan fingerprint density at radius 2 is 1.64 bits per heavy atom. The van der Waals surface area contributed by atoms with Crippen LogP contribution in [0.4, 0.5) is 10.1 Å². The average molecular weight is 463 g/mol. The Morgan fingerprint density at radius 1 is 0.920 bits per heavy atom. The van der Waals surface area contributed by atoms with Crippen LogP contribution in [-0.2, 0) is 6.61 Å². The zero-order chi connectivity index (χ0) is 17.6. The molecule has 0 radical (unpaired) electrons. The van der Waals surface area contributed by atoms with Gasteiger partial charge < -0.3 is 4.74 Å². The van der Waals surface area contributed by atoms with Crippen LogP contribution in [0.1, 0.15) is 11.1 Å². The van der Waals surface area contributed by atoms with Crippen molar-refractivity contribution in [2.75, 3.05) is 0 Å². The fourth-order valence-corrected chi connectivity index (χ4v) is 3.69. The number of aliphatic imine (C=N–C) groups is 1. The molecule has 126 valence electrons. The number of halogens is 3. The number of para-hydroxylation sites is 1. The second-order valence-electron chi connectivity index (χ2n) is 5.33. The summed E-state index contributed by atoms with van der Waals surface area (Å²) in [7, 11) is 0. The summed E-state index contributed by atoms with van der Waals surface area (Å²) in [4.78, 5) is 4.44. The summed E-state index contributed by atoms with van der Waals surface area (Å²) < 4.78 is 20.7. The fraction of sp³-hybridized carbons (Fsp3) is 0.0500. The van der Waals surface area contributed by atoms with Gasteiger partial charge in [0.15, 0.2) is 0 Å². The third kappa shape index (κ3) is 5.00. The lowest BCUT2D eigenvalue weighted by Crippen LogP contribution is -1.98. The lowest BCUT2D eigenvalue weighted by atomic mass is 10.2. The second-order valence-corrected chi connectivity index (χ2v) is 7.03. The number of ether oxygens (including phenoxy) is 1. The monoisotopic (exact) mass is 461 g/mol. The maximum Gasteiger partial charge on any atom is 0.148 e. The smallest absolute Gasteiger partial charge is 0.148 e. The van der Waals surface area contributed by atoms with Gasteiger partial charge in [0, 0.05) is 6.21 Å². The Kier molecular flexibility index (Phi) is 6.00. The first-order valence-electron chi connectivity index (χ1n) is 7.57. The zero-order valence-corrected chi connectivity index (χ0v) is 16.3. The zero-order valence-electron chi connectivity index (χ0n) is 13.1. The van der Waals surface area contributed by atoms with E-state index in [1.54, 1.807) is 12.3 Å². The highest BCUT2D eigenvalue weighted by molar-refractivity contribution is 9.11. The van der Waals surface area contributed by atoms with Gasteiger partial charge in [-0.1, -0.05) is 30.3 Å². The molecule has 0 amide bonds. The van der Waals surface area contributed by atoms with E-state index in [1.807, 2.05) is 48.5 Å². The molecule has 3 aromatic carbocycles. The van der Waals surface area contributed by atoms with Crippen LogP contribution in [0.5, 0.6) is 5.75 Å². The summed E-state index contributed by atoms with van der Waals surface area (Å²) in [6.45, 7) is 0.284. The summed E-state index contributed by atoms with van der Waals surface area (Å²) in [6.07, 6.45) is 1.79. The number of nitrogens with zero attached hydrogens (tertiary/aromatic N) is 1. The van der Waals surface area contributed by atoms with Crippen molar-refractivity contribution in [1.82, 2.24) is 0 Å². The molecule has 2 nitrogen and oxygen atoms in total. The van der Waals surface area contributed by atoms with Gasteiger partial charge in [0.25, 0.3) is 0 Å². The maximum absolute atomic E-state index is 13.2. The van der Waals surface area contributed by atoms with Crippen LogP contribution in [0.3, 0.4) is 0 Å². The normalized spacial score (nSPS) is 11.0. The van der Waals surface area contributed by atoms with E-state index in [0.29, 0.717) is 5.75 Å². The van der Waals surface area contributed by atoms with Gasteiger partial charge in [0.1, 0.15) is 18.2 Å². The van der Waals surface area contributed by atoms with Crippen LogP contribution in [0.2, 0.25) is 0 Å². The van der Waals surface area contributed by atoms with E-state index in [1.165, 1.54) is 12.1 Å². The van der Waals surface area contributed by atoms with Crippen molar-refractivity contribution in [1.29, 1.82) is 0 Å². The van der Waals surface area contributed by atoms with E-state index < -0.39 is 0 Å². The van der Waals surface area contributed by atoms with Crippen LogP contribution in [0.25, 0.3) is 0 Å². The first-order valence-corrected chi connectivity index (χ1v) is 9.16. The Labute approximate surface area is 162 Å². The Hall–Kier alpha value is -1.98. The van der Waals surface area contributed by atoms with Gasteiger partial charge in [-0.05, 0) is 79.4 Å². The number of benzene rings is 3. The van der Waals surface area contributed by atoms with E-state index >= 15 is 0 Å². The second kappa shape index (κ2) is 8.41. The fourth-order valence-electron chi connectivity index (χ4n) is 2.24. The molecular formula is C20H14Br2FNO. The van der Waals surface area contributed by atoms with Crippen molar-refractivity contribution in [2.45, 2.75) is 6.61 Å². The first kappa shape index (κ1) is 17.8. The van der Waals surface area contributed by atoms with Gasteiger partial charge in [0.05, 0.1) is 14.6 Å². The van der Waals surface area contributed by atoms with Gasteiger partial charge in [-0.3, -0.25) is 4.99 Å². The highest BCUT2D eigenvalue weighted by Crippen LogP contribution is 2.35. The quantitative estimate of drug-likeness (QED) is 0.387. The maximum atomic E-state index is 13.2. The molecule has 0 unspecified atom stereocenters. The molecular weight excluding hydrogens is 449 g/mol. The molecule has 5 heteroatoms. The summed E-state index contributed by atoms with van der Waals surface area (Å²) in [5, 5.41) is 0. The molecule has 0 fully saturated rings. The topological polar surface area (TPSA) is 21.6 Å². The Balaban J connectivity index is 1.75. The van der Waals surface area contributed by atoms with Crippen LogP contribution in [0, 0.1) is 5.82 Å². The van der Waals surface area contributed by atoms with Gasteiger partial charge in [-0.15, -0.1) is 0 Å². The molecule has 0 saturated carbocycles. The molecule has 0 bridgehead atoms. The van der Waals surface area contributed by atoms with Crippen molar-refractivity contribution in [3.05, 3.63) is 92.6 Å². The standard InChI is InChI=1S/C20H14Br2FNO/c21-18-10-15(12-24-17-7-2-1-3-8-17)11-19(22)20(18)25-13-14-5-4-6-16(23)9-14/h1-12H,13H2. The van der Waals surface area contributed by atoms with Crippen molar-refractivity contribution in [3.63, 3.8) is 0 Å². The first-order chi connectivity index (χ1) is 12.1. The van der Waals surface area contributed by atoms with E-state index in [-0.39, 0.29) is 12.4 Å². The lowest BCUT2D eigenvalue weighted by Gasteiger charge is -2.11. The van der Waals surface area contributed by atoms with Gasteiger partial charge in [0.2, 0.25) is 0 Å². The molecule has 0 heterocycles. The molecule has 0 aromatic heterocycles. The van der Waals surface area contributed by atoms with Crippen LogP contribution in [0.15, 0.2) is 80.7 Å². The number of hydrogen-bond acceptors (Lipinski definition) is 2. The highest BCUT2D eigenvalue weighted by Gasteiger charge is 2.09. The number of hydrogen-bond donors (Lipinski definition) is 0. The van der Waals surface area contributed by atoms with E-state index in [4.69, 9.17) is 4.74 Å². The van der Waals surface area contributed by atoms with Crippen molar-refractivity contribution in [3.8, 4) is 5.75 Å². The third-order valence-electron chi connectivity index (χ3n) is 3.41. The van der Waals surface area contributed by atoms with Crippen LogP contribution in [-0.4, -0.2) is 6.21 Å². The minimum atomic E-state index is -0.272. The number of rotatable bonds is 5. The SMILES string of the molecule is Fc1cccc(COc2c(Br)cc(C=Nc3ccccc3)cc2Br)c1. The van der Waals surface area contributed by atoms with Crippen molar-refractivity contribution < 1.29 is 9.13 Å². The predicted octanol–water partition coefficient (Wildman–Crippen LogP) is 6.68. The molecule has 0 spiro atoms. The minimum absolute atomic E-state index is 0.272. The van der Waals surface area contributed by atoms with E-state index in [9.17, 15) is 4.39 Å². The van der Waals surface area contributed by atoms with E-state index in [0.717, 1.165) is 25.8 Å². The van der Waals surface area contributed by atoms with Gasteiger partial charge in [-0.2, -0.15) is 0 Å². The Bertz CT molecular complexity index is 874. The molecule has 0 saturated heterocycles. The summed E-state index contributed by atoms with van der Waals surface area (Å²) in [6, 6.07) is 20.0. The van der Waals surface area contributed by atoms with E-state index in [2.05, 4.69) is 36.9 Å². The molecule has 0 N–H and O–H groups in total. The summed E-state index contributed by atoms with van der Waals surface area (Å²) in [5.74, 6) is 0.396. The minimum Gasteiger partial charge on any atom is -0.487 e. The van der Waals surface area contributed by atoms with Crippen LogP contribution >= 0.6 is 31.9 Å².